The maximum Gasteiger partial charge on any atom is 0.346 e. The van der Waals surface area contributed by atoms with Gasteiger partial charge in [-0.15, -0.1) is 0 Å². The summed E-state index contributed by atoms with van der Waals surface area (Å²) < 4.78 is 11.5. The first-order valence-corrected chi connectivity index (χ1v) is 10.5. The summed E-state index contributed by atoms with van der Waals surface area (Å²) in [5.41, 5.74) is 3.18. The van der Waals surface area contributed by atoms with Crippen LogP contribution in [0.15, 0.2) is 78.9 Å². The van der Waals surface area contributed by atoms with Gasteiger partial charge in [-0.25, -0.2) is 9.78 Å². The predicted octanol–water partition coefficient (Wildman–Crippen LogP) is 5.57. The van der Waals surface area contributed by atoms with E-state index in [9.17, 15) is 4.79 Å². The average molecular weight is 419 g/mol. The molecule has 0 aliphatic rings. The van der Waals surface area contributed by atoms with Crippen LogP contribution >= 0.6 is 11.3 Å². The number of hydrogen-bond donors (Lipinski definition) is 0. The average Bonchev–Trinajstić information content (AvgIpc) is 3.22. The van der Waals surface area contributed by atoms with Gasteiger partial charge in [0.1, 0.15) is 5.75 Å². The standard InChI is InChI=1S/C24H22N2O3S/c1-17(23(27)28-2)29-20-14-12-19(13-15-20)26(16-18-8-4-3-5-9-18)24-25-21-10-6-7-11-22(21)30-24/h3-15,17H,16H2,1-2H3. The molecule has 0 saturated carbocycles. The lowest BCUT2D eigenvalue weighted by Gasteiger charge is -2.22. The Morgan fingerprint density at radius 2 is 1.70 bits per heavy atom. The topological polar surface area (TPSA) is 51.7 Å². The highest BCUT2D eigenvalue weighted by atomic mass is 32.1. The molecule has 1 atom stereocenters. The third-order valence-corrected chi connectivity index (χ3v) is 5.75. The second-order valence-corrected chi connectivity index (χ2v) is 7.82. The van der Waals surface area contributed by atoms with E-state index in [-0.39, 0.29) is 0 Å². The van der Waals surface area contributed by atoms with Crippen molar-refractivity contribution >= 4 is 38.3 Å². The molecule has 1 unspecified atom stereocenters. The number of nitrogens with zero attached hydrogens (tertiary/aromatic N) is 2. The van der Waals surface area contributed by atoms with E-state index < -0.39 is 12.1 Å². The van der Waals surface area contributed by atoms with Crippen LogP contribution in [0.2, 0.25) is 0 Å². The Hall–Kier alpha value is -3.38. The number of fused-ring (bicyclic) bond motifs is 1. The quantitative estimate of drug-likeness (QED) is 0.367. The first kappa shape index (κ1) is 19.9. The third-order valence-electron chi connectivity index (χ3n) is 4.69. The number of benzene rings is 3. The molecule has 5 nitrogen and oxygen atoms in total. The molecule has 0 amide bonds. The van der Waals surface area contributed by atoms with Crippen molar-refractivity contribution in [2.24, 2.45) is 0 Å². The van der Waals surface area contributed by atoms with E-state index in [1.165, 1.54) is 12.7 Å². The first-order chi connectivity index (χ1) is 14.6. The number of anilines is 2. The molecule has 4 aromatic rings. The maximum atomic E-state index is 11.6. The number of esters is 1. The van der Waals surface area contributed by atoms with E-state index in [0.29, 0.717) is 12.3 Å². The number of carbonyl (C=O) groups is 1. The Morgan fingerprint density at radius 1 is 1.00 bits per heavy atom. The summed E-state index contributed by atoms with van der Waals surface area (Å²) >= 11 is 1.66. The molecule has 6 heteroatoms. The summed E-state index contributed by atoms with van der Waals surface area (Å²) in [5, 5.41) is 0.927. The Kier molecular flexibility index (Phi) is 5.95. The van der Waals surface area contributed by atoms with E-state index >= 15 is 0 Å². The van der Waals surface area contributed by atoms with Crippen LogP contribution in [0.25, 0.3) is 10.2 Å². The molecule has 0 saturated heterocycles. The number of carbonyl (C=O) groups excluding carboxylic acids is 1. The minimum Gasteiger partial charge on any atom is -0.479 e. The summed E-state index contributed by atoms with van der Waals surface area (Å²) in [4.78, 5) is 18.6. The molecule has 0 bridgehead atoms. The van der Waals surface area contributed by atoms with Crippen molar-refractivity contribution in [3.63, 3.8) is 0 Å². The number of thiazole rings is 1. The fourth-order valence-corrected chi connectivity index (χ4v) is 4.12. The van der Waals surface area contributed by atoms with Gasteiger partial charge in [0.15, 0.2) is 11.2 Å². The molecule has 0 spiro atoms. The number of hydrogen-bond acceptors (Lipinski definition) is 6. The predicted molar refractivity (Wildman–Crippen MR) is 120 cm³/mol. The van der Waals surface area contributed by atoms with Gasteiger partial charge in [0.2, 0.25) is 0 Å². The van der Waals surface area contributed by atoms with Crippen LogP contribution in [0, 0.1) is 0 Å². The maximum absolute atomic E-state index is 11.6. The molecule has 0 fully saturated rings. The summed E-state index contributed by atoms with van der Waals surface area (Å²) in [5.74, 6) is 0.208. The summed E-state index contributed by atoms with van der Waals surface area (Å²) in [6.07, 6.45) is -0.662. The monoisotopic (exact) mass is 418 g/mol. The Labute approximate surface area is 179 Å². The molecule has 30 heavy (non-hydrogen) atoms. The van der Waals surface area contributed by atoms with Gasteiger partial charge in [0.05, 0.1) is 23.9 Å². The van der Waals surface area contributed by atoms with Gasteiger partial charge in [0.25, 0.3) is 0 Å². The zero-order valence-corrected chi connectivity index (χ0v) is 17.6. The van der Waals surface area contributed by atoms with Crippen molar-refractivity contribution in [2.75, 3.05) is 12.0 Å². The second kappa shape index (κ2) is 8.97. The van der Waals surface area contributed by atoms with E-state index in [1.807, 2.05) is 60.7 Å². The SMILES string of the molecule is COC(=O)C(C)Oc1ccc(N(Cc2ccccc2)c2nc3ccccc3s2)cc1. The van der Waals surface area contributed by atoms with Crippen molar-refractivity contribution in [1.29, 1.82) is 0 Å². The lowest BCUT2D eigenvalue weighted by atomic mass is 10.2. The fraction of sp³-hybridized carbons (Fsp3) is 0.167. The number of ether oxygens (including phenoxy) is 2. The third kappa shape index (κ3) is 4.44. The largest absolute Gasteiger partial charge is 0.479 e. The molecular weight excluding hydrogens is 396 g/mol. The van der Waals surface area contributed by atoms with Crippen LogP contribution in [-0.2, 0) is 16.1 Å². The van der Waals surface area contributed by atoms with Gasteiger partial charge < -0.3 is 14.4 Å². The van der Waals surface area contributed by atoms with Crippen LogP contribution in [-0.4, -0.2) is 24.2 Å². The van der Waals surface area contributed by atoms with E-state index in [2.05, 4.69) is 23.1 Å². The van der Waals surface area contributed by atoms with Crippen LogP contribution in [0.3, 0.4) is 0 Å². The van der Waals surface area contributed by atoms with Crippen molar-refractivity contribution < 1.29 is 14.3 Å². The number of para-hydroxylation sites is 1. The number of rotatable bonds is 7. The van der Waals surface area contributed by atoms with Crippen molar-refractivity contribution in [2.45, 2.75) is 19.6 Å². The molecule has 1 heterocycles. The smallest absolute Gasteiger partial charge is 0.346 e. The molecule has 0 aliphatic carbocycles. The molecule has 1 aromatic heterocycles. The number of aromatic nitrogens is 1. The van der Waals surface area contributed by atoms with E-state index in [1.54, 1.807) is 18.3 Å². The summed E-state index contributed by atoms with van der Waals surface area (Å²) in [6, 6.07) is 26.1. The van der Waals surface area contributed by atoms with Gasteiger partial charge in [-0.2, -0.15) is 0 Å². The molecule has 0 N–H and O–H groups in total. The van der Waals surface area contributed by atoms with Gasteiger partial charge in [-0.05, 0) is 48.9 Å². The van der Waals surface area contributed by atoms with Gasteiger partial charge in [0, 0.05) is 5.69 Å². The Bertz CT molecular complexity index is 1090. The lowest BCUT2D eigenvalue weighted by molar-refractivity contribution is -0.147. The van der Waals surface area contributed by atoms with Gasteiger partial charge in [-0.3, -0.25) is 0 Å². The lowest BCUT2D eigenvalue weighted by Crippen LogP contribution is -2.24. The van der Waals surface area contributed by atoms with Crippen LogP contribution in [0.5, 0.6) is 5.75 Å². The molecule has 4 rings (SSSR count). The highest BCUT2D eigenvalue weighted by molar-refractivity contribution is 7.22. The van der Waals surface area contributed by atoms with Crippen LogP contribution in [0.1, 0.15) is 12.5 Å². The molecule has 0 aliphatic heterocycles. The normalized spacial score (nSPS) is 11.8. The highest BCUT2D eigenvalue weighted by Gasteiger charge is 2.17. The minimum atomic E-state index is -0.662. The van der Waals surface area contributed by atoms with E-state index in [0.717, 1.165) is 21.0 Å². The van der Waals surface area contributed by atoms with Crippen molar-refractivity contribution in [3.8, 4) is 5.75 Å². The molecule has 0 radical (unpaired) electrons. The van der Waals surface area contributed by atoms with Crippen molar-refractivity contribution in [1.82, 2.24) is 4.98 Å². The van der Waals surface area contributed by atoms with E-state index in [4.69, 9.17) is 14.5 Å². The summed E-state index contributed by atoms with van der Waals surface area (Å²) in [6.45, 7) is 2.36. The zero-order valence-electron chi connectivity index (χ0n) is 16.8. The first-order valence-electron chi connectivity index (χ1n) is 9.65. The second-order valence-electron chi connectivity index (χ2n) is 6.81. The summed E-state index contributed by atoms with van der Waals surface area (Å²) in [7, 11) is 1.35. The van der Waals surface area contributed by atoms with Crippen molar-refractivity contribution in [3.05, 3.63) is 84.4 Å². The zero-order chi connectivity index (χ0) is 20.9. The Morgan fingerprint density at radius 3 is 2.40 bits per heavy atom. The highest BCUT2D eigenvalue weighted by Crippen LogP contribution is 2.35. The van der Waals surface area contributed by atoms with Gasteiger partial charge in [-0.1, -0.05) is 53.8 Å². The number of methoxy groups -OCH3 is 1. The minimum absolute atomic E-state index is 0.403. The molecule has 152 valence electrons. The molecular formula is C24H22N2O3S. The van der Waals surface area contributed by atoms with Crippen LogP contribution < -0.4 is 9.64 Å². The molecule has 3 aromatic carbocycles. The van der Waals surface area contributed by atoms with Crippen LogP contribution in [0.4, 0.5) is 10.8 Å². The van der Waals surface area contributed by atoms with Gasteiger partial charge >= 0.3 is 5.97 Å². The Balaban J connectivity index is 1.64. The fourth-order valence-electron chi connectivity index (χ4n) is 3.13.